The minimum absolute atomic E-state index is 0.167. The fraction of sp³-hybridized carbons (Fsp3) is 0.304. The van der Waals surface area contributed by atoms with E-state index >= 15 is 0 Å². The standard InChI is InChI=1S/C23H23F3N6O2/c1-15(33)29-17-5-3-6-18(13-17)30-21-27-14-28-22(31-21)32-10-8-19(9-11-32)34-20-7-2-4-16(12-20)23(24,25)26/h2-7,12-14,19H,8-11H2,1H3,(H,29,33)(H,27,28,30,31). The van der Waals surface area contributed by atoms with Gasteiger partial charge in [0.2, 0.25) is 17.8 Å². The molecular formula is C23H23F3N6O2. The van der Waals surface area contributed by atoms with Crippen molar-refractivity contribution in [2.24, 2.45) is 0 Å². The number of carbonyl (C=O) groups is 1. The lowest BCUT2D eigenvalue weighted by molar-refractivity contribution is -0.137. The number of hydrogen-bond acceptors (Lipinski definition) is 7. The van der Waals surface area contributed by atoms with Crippen LogP contribution in [-0.4, -0.2) is 40.1 Å². The van der Waals surface area contributed by atoms with Crippen molar-refractivity contribution in [1.29, 1.82) is 0 Å². The first kappa shape index (κ1) is 23.3. The molecule has 1 saturated heterocycles. The normalized spacial score (nSPS) is 14.5. The number of halogens is 3. The van der Waals surface area contributed by atoms with Crippen LogP contribution in [0.1, 0.15) is 25.3 Å². The van der Waals surface area contributed by atoms with Crippen molar-refractivity contribution in [1.82, 2.24) is 15.0 Å². The average molecular weight is 472 g/mol. The summed E-state index contributed by atoms with van der Waals surface area (Å²) in [4.78, 5) is 26.1. The summed E-state index contributed by atoms with van der Waals surface area (Å²) in [6.45, 7) is 2.61. The van der Waals surface area contributed by atoms with Gasteiger partial charge in [-0.1, -0.05) is 12.1 Å². The van der Waals surface area contributed by atoms with Crippen LogP contribution in [0.25, 0.3) is 0 Å². The van der Waals surface area contributed by atoms with Gasteiger partial charge in [-0.3, -0.25) is 4.79 Å². The van der Waals surface area contributed by atoms with E-state index in [1.807, 2.05) is 11.0 Å². The van der Waals surface area contributed by atoms with Crippen LogP contribution in [0, 0.1) is 0 Å². The monoisotopic (exact) mass is 472 g/mol. The van der Waals surface area contributed by atoms with Crippen molar-refractivity contribution in [2.75, 3.05) is 28.6 Å². The molecule has 1 amide bonds. The van der Waals surface area contributed by atoms with Gasteiger partial charge in [-0.05, 0) is 36.4 Å². The number of anilines is 4. The van der Waals surface area contributed by atoms with Gasteiger partial charge in [-0.2, -0.15) is 18.2 Å². The summed E-state index contributed by atoms with van der Waals surface area (Å²) in [6, 6.07) is 12.1. The quantitative estimate of drug-likeness (QED) is 0.540. The molecule has 0 aliphatic carbocycles. The number of carbonyl (C=O) groups excluding carboxylic acids is 1. The van der Waals surface area contributed by atoms with Crippen molar-refractivity contribution in [2.45, 2.75) is 32.0 Å². The highest BCUT2D eigenvalue weighted by atomic mass is 19.4. The zero-order valence-electron chi connectivity index (χ0n) is 18.3. The first-order chi connectivity index (χ1) is 16.3. The molecule has 0 radical (unpaired) electrons. The number of amides is 1. The zero-order chi connectivity index (χ0) is 24.1. The molecule has 0 saturated carbocycles. The Morgan fingerprint density at radius 2 is 1.79 bits per heavy atom. The van der Waals surface area contributed by atoms with Crippen molar-refractivity contribution >= 4 is 29.2 Å². The Morgan fingerprint density at radius 1 is 1.06 bits per heavy atom. The van der Waals surface area contributed by atoms with Gasteiger partial charge in [-0.25, -0.2) is 9.97 Å². The largest absolute Gasteiger partial charge is 0.490 e. The van der Waals surface area contributed by atoms with Gasteiger partial charge in [0.25, 0.3) is 0 Å². The van der Waals surface area contributed by atoms with Crippen LogP contribution in [0.4, 0.5) is 36.4 Å². The third-order valence-corrected chi connectivity index (χ3v) is 5.19. The smallest absolute Gasteiger partial charge is 0.416 e. The van der Waals surface area contributed by atoms with Crippen molar-refractivity contribution in [3.05, 3.63) is 60.4 Å². The molecule has 1 fully saturated rings. The fourth-order valence-corrected chi connectivity index (χ4v) is 3.62. The predicted molar refractivity (Wildman–Crippen MR) is 121 cm³/mol. The molecule has 3 aromatic rings. The number of benzene rings is 2. The lowest BCUT2D eigenvalue weighted by Crippen LogP contribution is -2.39. The van der Waals surface area contributed by atoms with Crippen molar-refractivity contribution in [3.63, 3.8) is 0 Å². The second-order valence-electron chi connectivity index (χ2n) is 7.83. The first-order valence-electron chi connectivity index (χ1n) is 10.7. The van der Waals surface area contributed by atoms with E-state index in [4.69, 9.17) is 4.74 Å². The molecule has 1 aliphatic rings. The van der Waals surface area contributed by atoms with E-state index in [2.05, 4.69) is 25.6 Å². The van der Waals surface area contributed by atoms with Gasteiger partial charge in [-0.15, -0.1) is 0 Å². The second kappa shape index (κ2) is 9.94. The molecular weight excluding hydrogens is 449 g/mol. The Balaban J connectivity index is 1.35. The maximum Gasteiger partial charge on any atom is 0.416 e. The first-order valence-corrected chi connectivity index (χ1v) is 10.7. The summed E-state index contributed by atoms with van der Waals surface area (Å²) in [5, 5.41) is 5.82. The average Bonchev–Trinajstić information content (AvgIpc) is 2.79. The molecule has 0 bridgehead atoms. The molecule has 178 valence electrons. The molecule has 0 atom stereocenters. The molecule has 1 aromatic heterocycles. The van der Waals surface area contributed by atoms with Crippen LogP contribution in [-0.2, 0) is 11.0 Å². The molecule has 1 aliphatic heterocycles. The fourth-order valence-electron chi connectivity index (χ4n) is 3.62. The van der Waals surface area contributed by atoms with E-state index < -0.39 is 11.7 Å². The molecule has 8 nitrogen and oxygen atoms in total. The van der Waals surface area contributed by atoms with Crippen LogP contribution < -0.4 is 20.3 Å². The number of piperidine rings is 1. The number of aromatic nitrogens is 3. The summed E-state index contributed by atoms with van der Waals surface area (Å²) >= 11 is 0. The van der Waals surface area contributed by atoms with E-state index in [9.17, 15) is 18.0 Å². The van der Waals surface area contributed by atoms with E-state index in [1.54, 1.807) is 18.2 Å². The number of ether oxygens (including phenoxy) is 1. The molecule has 4 rings (SSSR count). The molecule has 2 N–H and O–H groups in total. The lowest BCUT2D eigenvalue weighted by Gasteiger charge is -2.32. The Kier molecular flexibility index (Phi) is 6.80. The second-order valence-corrected chi connectivity index (χ2v) is 7.83. The Hall–Kier alpha value is -3.89. The van der Waals surface area contributed by atoms with Gasteiger partial charge >= 0.3 is 6.18 Å². The van der Waals surface area contributed by atoms with Crippen LogP contribution in [0.3, 0.4) is 0 Å². The molecule has 11 heteroatoms. The minimum Gasteiger partial charge on any atom is -0.490 e. The van der Waals surface area contributed by atoms with Gasteiger partial charge in [0.15, 0.2) is 0 Å². The van der Waals surface area contributed by atoms with Gasteiger partial charge in [0.1, 0.15) is 18.2 Å². The number of nitrogens with one attached hydrogen (secondary N) is 2. The maximum absolute atomic E-state index is 12.9. The molecule has 0 unspecified atom stereocenters. The molecule has 2 heterocycles. The summed E-state index contributed by atoms with van der Waals surface area (Å²) < 4.78 is 44.6. The van der Waals surface area contributed by atoms with Crippen LogP contribution in [0.2, 0.25) is 0 Å². The summed E-state index contributed by atoms with van der Waals surface area (Å²) in [6.07, 6.45) is -1.96. The van der Waals surface area contributed by atoms with Gasteiger partial charge < -0.3 is 20.3 Å². The number of alkyl halides is 3. The van der Waals surface area contributed by atoms with Crippen LogP contribution >= 0.6 is 0 Å². The highest BCUT2D eigenvalue weighted by Gasteiger charge is 2.31. The number of hydrogen-bond donors (Lipinski definition) is 2. The van der Waals surface area contributed by atoms with E-state index in [0.29, 0.717) is 49.2 Å². The van der Waals surface area contributed by atoms with E-state index in [0.717, 1.165) is 12.1 Å². The lowest BCUT2D eigenvalue weighted by atomic mass is 10.1. The maximum atomic E-state index is 12.9. The number of rotatable bonds is 6. The minimum atomic E-state index is -4.40. The SMILES string of the molecule is CC(=O)Nc1cccc(Nc2ncnc(N3CCC(Oc4cccc(C(F)(F)F)c4)CC3)n2)c1. The van der Waals surface area contributed by atoms with E-state index in [1.165, 1.54) is 25.4 Å². The van der Waals surface area contributed by atoms with Crippen LogP contribution in [0.15, 0.2) is 54.9 Å². The summed E-state index contributed by atoms with van der Waals surface area (Å²) in [7, 11) is 0. The highest BCUT2D eigenvalue weighted by molar-refractivity contribution is 5.89. The molecule has 34 heavy (non-hydrogen) atoms. The summed E-state index contributed by atoms with van der Waals surface area (Å²) in [5.74, 6) is 0.891. The highest BCUT2D eigenvalue weighted by Crippen LogP contribution is 2.32. The third-order valence-electron chi connectivity index (χ3n) is 5.19. The number of nitrogens with zero attached hydrogens (tertiary/aromatic N) is 4. The Bertz CT molecular complexity index is 1150. The Labute approximate surface area is 194 Å². The Morgan fingerprint density at radius 3 is 2.53 bits per heavy atom. The predicted octanol–water partition coefficient (Wildman–Crippen LogP) is 4.64. The zero-order valence-corrected chi connectivity index (χ0v) is 18.3. The van der Waals surface area contributed by atoms with Gasteiger partial charge in [0, 0.05) is 44.2 Å². The third kappa shape index (κ3) is 6.12. The van der Waals surface area contributed by atoms with E-state index in [-0.39, 0.29) is 17.8 Å². The topological polar surface area (TPSA) is 92.3 Å². The van der Waals surface area contributed by atoms with Crippen LogP contribution in [0.5, 0.6) is 5.75 Å². The molecule has 2 aromatic carbocycles. The van der Waals surface area contributed by atoms with Gasteiger partial charge in [0.05, 0.1) is 5.56 Å². The van der Waals surface area contributed by atoms with Crippen molar-refractivity contribution < 1.29 is 22.7 Å². The van der Waals surface area contributed by atoms with Crippen molar-refractivity contribution in [3.8, 4) is 5.75 Å². The molecule has 0 spiro atoms. The summed E-state index contributed by atoms with van der Waals surface area (Å²) in [5.41, 5.74) is 0.626.